The zero-order valence-corrected chi connectivity index (χ0v) is 14.5. The quantitative estimate of drug-likeness (QED) is 0.789. The highest BCUT2D eigenvalue weighted by atomic mass is 16.4. The number of carboxylic acid groups (broad SMARTS) is 1. The summed E-state index contributed by atoms with van der Waals surface area (Å²) in [6.45, 7) is 5.10. The fraction of sp³-hybridized carbons (Fsp3) is 0.588. The first-order valence-corrected chi connectivity index (χ1v) is 8.29. The number of aryl methyl sites for hydroxylation is 1. The Morgan fingerprint density at radius 3 is 2.67 bits per heavy atom. The van der Waals surface area contributed by atoms with Gasteiger partial charge in [-0.2, -0.15) is 0 Å². The molecule has 0 radical (unpaired) electrons. The Bertz CT molecular complexity index is 587. The van der Waals surface area contributed by atoms with Gasteiger partial charge in [0.15, 0.2) is 0 Å². The number of hydrogen-bond donors (Lipinski definition) is 2. The predicted octanol–water partition coefficient (Wildman–Crippen LogP) is 1.47. The van der Waals surface area contributed by atoms with E-state index < -0.39 is 5.97 Å². The lowest BCUT2D eigenvalue weighted by Crippen LogP contribution is -2.56. The number of rotatable bonds is 7. The van der Waals surface area contributed by atoms with Crippen LogP contribution in [0.5, 0.6) is 0 Å². The molecule has 0 saturated heterocycles. The molecule has 1 aromatic heterocycles. The zero-order valence-electron chi connectivity index (χ0n) is 14.5. The number of pyridine rings is 1. The third-order valence-corrected chi connectivity index (χ3v) is 4.39. The molecule has 2 N–H and O–H groups in total. The SMILES string of the molecule is CCN(CC(=O)O)C1CC(NC(=O)N(C)Cc2cccc(C)n2)C1. The van der Waals surface area contributed by atoms with E-state index in [-0.39, 0.29) is 24.7 Å². The van der Waals surface area contributed by atoms with E-state index in [0.29, 0.717) is 13.1 Å². The van der Waals surface area contributed by atoms with Crippen LogP contribution >= 0.6 is 0 Å². The monoisotopic (exact) mass is 334 g/mol. The molecule has 1 aromatic rings. The lowest BCUT2D eigenvalue weighted by molar-refractivity contribution is -0.139. The van der Waals surface area contributed by atoms with Crippen molar-refractivity contribution in [2.24, 2.45) is 0 Å². The average Bonchev–Trinajstić information content (AvgIpc) is 2.48. The van der Waals surface area contributed by atoms with Gasteiger partial charge in [-0.25, -0.2) is 4.79 Å². The Kier molecular flexibility index (Phi) is 6.14. The van der Waals surface area contributed by atoms with E-state index in [1.807, 2.05) is 36.9 Å². The first kappa shape index (κ1) is 18.2. The molecule has 0 aliphatic heterocycles. The van der Waals surface area contributed by atoms with Crippen LogP contribution in [0.2, 0.25) is 0 Å². The van der Waals surface area contributed by atoms with Crippen molar-refractivity contribution in [1.82, 2.24) is 20.1 Å². The summed E-state index contributed by atoms with van der Waals surface area (Å²) in [5, 5.41) is 11.9. The third-order valence-electron chi connectivity index (χ3n) is 4.39. The molecule has 0 aromatic carbocycles. The van der Waals surface area contributed by atoms with Crippen LogP contribution in [0.15, 0.2) is 18.2 Å². The summed E-state index contributed by atoms with van der Waals surface area (Å²) in [6.07, 6.45) is 1.59. The number of carboxylic acids is 1. The highest BCUT2D eigenvalue weighted by molar-refractivity contribution is 5.74. The van der Waals surface area contributed by atoms with Gasteiger partial charge in [-0.05, 0) is 38.4 Å². The van der Waals surface area contributed by atoms with E-state index in [1.54, 1.807) is 11.9 Å². The van der Waals surface area contributed by atoms with E-state index in [4.69, 9.17) is 5.11 Å². The summed E-state index contributed by atoms with van der Waals surface area (Å²) in [6, 6.07) is 5.99. The minimum Gasteiger partial charge on any atom is -0.480 e. The molecular formula is C17H26N4O3. The number of amides is 2. The molecule has 132 valence electrons. The molecule has 24 heavy (non-hydrogen) atoms. The molecule has 0 atom stereocenters. The molecule has 7 heteroatoms. The first-order chi connectivity index (χ1) is 11.4. The highest BCUT2D eigenvalue weighted by Gasteiger charge is 2.35. The maximum atomic E-state index is 12.2. The van der Waals surface area contributed by atoms with Crippen LogP contribution in [0.3, 0.4) is 0 Å². The number of carbonyl (C=O) groups excluding carboxylic acids is 1. The van der Waals surface area contributed by atoms with E-state index in [2.05, 4.69) is 10.3 Å². The number of likely N-dealkylation sites (N-methyl/N-ethyl adjacent to an activating group) is 1. The molecule has 1 aliphatic carbocycles. The van der Waals surface area contributed by atoms with Gasteiger partial charge in [-0.15, -0.1) is 0 Å². The molecule has 0 spiro atoms. The average molecular weight is 334 g/mol. The van der Waals surface area contributed by atoms with E-state index in [0.717, 1.165) is 24.2 Å². The van der Waals surface area contributed by atoms with Crippen LogP contribution in [0.4, 0.5) is 4.79 Å². The lowest BCUT2D eigenvalue weighted by Gasteiger charge is -2.42. The largest absolute Gasteiger partial charge is 0.480 e. The summed E-state index contributed by atoms with van der Waals surface area (Å²) in [7, 11) is 1.75. The molecule has 2 rings (SSSR count). The molecule has 2 amide bonds. The molecular weight excluding hydrogens is 308 g/mol. The summed E-state index contributed by atoms with van der Waals surface area (Å²) < 4.78 is 0. The second-order valence-electron chi connectivity index (χ2n) is 6.35. The predicted molar refractivity (Wildman–Crippen MR) is 90.7 cm³/mol. The fourth-order valence-corrected chi connectivity index (χ4v) is 2.96. The van der Waals surface area contributed by atoms with Crippen molar-refractivity contribution in [1.29, 1.82) is 0 Å². The maximum Gasteiger partial charge on any atom is 0.317 e. The van der Waals surface area contributed by atoms with Crippen molar-refractivity contribution in [3.63, 3.8) is 0 Å². The summed E-state index contributed by atoms with van der Waals surface area (Å²) >= 11 is 0. The normalized spacial score (nSPS) is 19.7. The number of urea groups is 1. The van der Waals surface area contributed by atoms with Crippen LogP contribution < -0.4 is 5.32 Å². The van der Waals surface area contributed by atoms with Crippen molar-refractivity contribution in [2.75, 3.05) is 20.1 Å². The number of aromatic nitrogens is 1. The molecule has 1 heterocycles. The molecule has 1 aliphatic rings. The smallest absolute Gasteiger partial charge is 0.317 e. The van der Waals surface area contributed by atoms with Crippen LogP contribution in [0, 0.1) is 6.92 Å². The Morgan fingerprint density at radius 1 is 1.38 bits per heavy atom. The van der Waals surface area contributed by atoms with Gasteiger partial charge >= 0.3 is 12.0 Å². The number of nitrogens with zero attached hydrogens (tertiary/aromatic N) is 3. The third kappa shape index (κ3) is 4.92. The Balaban J connectivity index is 1.76. The minimum absolute atomic E-state index is 0.0563. The van der Waals surface area contributed by atoms with Crippen molar-refractivity contribution < 1.29 is 14.7 Å². The van der Waals surface area contributed by atoms with E-state index in [1.165, 1.54) is 0 Å². The molecule has 7 nitrogen and oxygen atoms in total. The molecule has 0 bridgehead atoms. The number of aliphatic carboxylic acids is 1. The van der Waals surface area contributed by atoms with Gasteiger partial charge in [0.05, 0.1) is 18.8 Å². The van der Waals surface area contributed by atoms with Gasteiger partial charge in [0.25, 0.3) is 0 Å². The molecule has 1 saturated carbocycles. The van der Waals surface area contributed by atoms with E-state index in [9.17, 15) is 9.59 Å². The highest BCUT2D eigenvalue weighted by Crippen LogP contribution is 2.25. The Hall–Kier alpha value is -2.15. The van der Waals surface area contributed by atoms with Crippen molar-refractivity contribution in [3.05, 3.63) is 29.6 Å². The van der Waals surface area contributed by atoms with Crippen LogP contribution in [0.25, 0.3) is 0 Å². The maximum absolute atomic E-state index is 12.2. The summed E-state index contributed by atoms with van der Waals surface area (Å²) in [4.78, 5) is 31.0. The van der Waals surface area contributed by atoms with E-state index >= 15 is 0 Å². The van der Waals surface area contributed by atoms with Crippen LogP contribution in [-0.2, 0) is 11.3 Å². The topological polar surface area (TPSA) is 85.8 Å². The number of nitrogens with one attached hydrogen (secondary N) is 1. The summed E-state index contributed by atoms with van der Waals surface area (Å²) in [5.74, 6) is -0.810. The molecule has 0 unspecified atom stereocenters. The van der Waals surface area contributed by atoms with Crippen LogP contribution in [-0.4, -0.2) is 64.1 Å². The van der Waals surface area contributed by atoms with Crippen molar-refractivity contribution >= 4 is 12.0 Å². The molecule has 1 fully saturated rings. The second kappa shape index (κ2) is 8.10. The standard InChI is InChI=1S/C17H26N4O3/c1-4-21(11-16(22)23)15-8-14(9-15)19-17(24)20(3)10-13-7-5-6-12(2)18-13/h5-7,14-15H,4,8-11H2,1-3H3,(H,19,24)(H,22,23). The van der Waals surface area contributed by atoms with Gasteiger partial charge in [-0.3, -0.25) is 14.7 Å². The zero-order chi connectivity index (χ0) is 17.7. The van der Waals surface area contributed by atoms with Gasteiger partial charge in [0.1, 0.15) is 0 Å². The Labute approximate surface area is 142 Å². The van der Waals surface area contributed by atoms with Gasteiger partial charge in [0.2, 0.25) is 0 Å². The second-order valence-corrected chi connectivity index (χ2v) is 6.35. The van der Waals surface area contributed by atoms with Gasteiger partial charge in [0, 0.05) is 24.8 Å². The first-order valence-electron chi connectivity index (χ1n) is 8.29. The summed E-state index contributed by atoms with van der Waals surface area (Å²) in [5.41, 5.74) is 1.79. The number of carbonyl (C=O) groups is 2. The number of hydrogen-bond acceptors (Lipinski definition) is 4. The van der Waals surface area contributed by atoms with Gasteiger partial charge < -0.3 is 15.3 Å². The Morgan fingerprint density at radius 2 is 2.08 bits per heavy atom. The fourth-order valence-electron chi connectivity index (χ4n) is 2.96. The van der Waals surface area contributed by atoms with Gasteiger partial charge in [-0.1, -0.05) is 13.0 Å². The minimum atomic E-state index is -0.810. The van der Waals surface area contributed by atoms with Crippen molar-refractivity contribution in [2.45, 2.75) is 45.3 Å². The lowest BCUT2D eigenvalue weighted by atomic mass is 9.85. The van der Waals surface area contributed by atoms with Crippen LogP contribution in [0.1, 0.15) is 31.2 Å². The van der Waals surface area contributed by atoms with Crippen molar-refractivity contribution in [3.8, 4) is 0 Å².